The Balaban J connectivity index is 0. The summed E-state index contributed by atoms with van der Waals surface area (Å²) in [5.41, 5.74) is 5.37. The van der Waals surface area contributed by atoms with Gasteiger partial charge < -0.3 is 10.6 Å². The maximum absolute atomic E-state index is 5.37. The predicted molar refractivity (Wildman–Crippen MR) is 66.7 cm³/mol. The van der Waals surface area contributed by atoms with Crippen molar-refractivity contribution in [2.24, 2.45) is 5.73 Å². The number of rotatable bonds is 7. The van der Waals surface area contributed by atoms with Gasteiger partial charge in [0.2, 0.25) is 0 Å². The van der Waals surface area contributed by atoms with E-state index in [0.29, 0.717) is 0 Å². The van der Waals surface area contributed by atoms with Crippen LogP contribution in [0.1, 0.15) is 51.9 Å². The van der Waals surface area contributed by atoms with E-state index in [9.17, 15) is 0 Å². The molecule has 0 saturated heterocycles. The van der Waals surface area contributed by atoms with E-state index in [4.69, 9.17) is 5.73 Å². The number of hydrogen-bond donors (Lipinski definition) is 1. The predicted octanol–water partition coefficient (Wildman–Crippen LogP) is 2.87. The molecule has 0 aliphatic heterocycles. The summed E-state index contributed by atoms with van der Waals surface area (Å²) in [5.74, 6) is 0. The van der Waals surface area contributed by atoms with Crippen LogP contribution in [0.25, 0.3) is 0 Å². The van der Waals surface area contributed by atoms with Crippen molar-refractivity contribution < 1.29 is 0 Å². The molecule has 2 N–H and O–H groups in total. The Hall–Kier alpha value is -0.0800. The molecule has 2 heteroatoms. The Kier molecular flexibility index (Phi) is 18.0. The first-order valence-electron chi connectivity index (χ1n) is 5.96. The van der Waals surface area contributed by atoms with Crippen LogP contribution in [0.2, 0.25) is 0 Å². The third kappa shape index (κ3) is 29.7. The summed E-state index contributed by atoms with van der Waals surface area (Å²) in [4.78, 5) is 2.00. The highest BCUT2D eigenvalue weighted by Gasteiger charge is 1.87. The van der Waals surface area contributed by atoms with Gasteiger partial charge in [0, 0.05) is 0 Å². The van der Waals surface area contributed by atoms with E-state index in [1.165, 1.54) is 44.9 Å². The molecular formula is C12H30N2. The zero-order valence-electron chi connectivity index (χ0n) is 10.7. The number of unbranched alkanes of at least 4 members (excludes halogenated alkanes) is 6. The molecule has 14 heavy (non-hydrogen) atoms. The number of hydrogen-bond acceptors (Lipinski definition) is 2. The normalized spacial score (nSPS) is 9.86. The molecular weight excluding hydrogens is 172 g/mol. The van der Waals surface area contributed by atoms with Crippen LogP contribution in [-0.4, -0.2) is 32.6 Å². The van der Waals surface area contributed by atoms with E-state index in [2.05, 4.69) is 6.92 Å². The molecule has 0 rings (SSSR count). The summed E-state index contributed by atoms with van der Waals surface area (Å²) in [6.07, 6.45) is 9.51. The molecule has 0 unspecified atom stereocenters. The lowest BCUT2D eigenvalue weighted by atomic mass is 10.1. The highest BCUT2D eigenvalue weighted by Crippen LogP contribution is 2.05. The second kappa shape index (κ2) is 15.4. The van der Waals surface area contributed by atoms with Gasteiger partial charge in [-0.3, -0.25) is 0 Å². The van der Waals surface area contributed by atoms with Gasteiger partial charge in [-0.1, -0.05) is 45.4 Å². The smallest absolute Gasteiger partial charge is 0.00773 e. The van der Waals surface area contributed by atoms with Crippen molar-refractivity contribution in [2.45, 2.75) is 51.9 Å². The van der Waals surface area contributed by atoms with Gasteiger partial charge in [0.25, 0.3) is 0 Å². The molecule has 0 aromatic heterocycles. The van der Waals surface area contributed by atoms with Crippen molar-refractivity contribution in [3.05, 3.63) is 0 Å². The van der Waals surface area contributed by atoms with Crippen molar-refractivity contribution >= 4 is 0 Å². The highest BCUT2D eigenvalue weighted by atomic mass is 15.0. The maximum atomic E-state index is 5.37. The van der Waals surface area contributed by atoms with Crippen LogP contribution in [0.3, 0.4) is 0 Å². The van der Waals surface area contributed by atoms with E-state index in [1.807, 2.05) is 26.0 Å². The van der Waals surface area contributed by atoms with Gasteiger partial charge in [-0.15, -0.1) is 0 Å². The van der Waals surface area contributed by atoms with Crippen LogP contribution in [-0.2, 0) is 0 Å². The molecule has 88 valence electrons. The monoisotopic (exact) mass is 202 g/mol. The van der Waals surface area contributed by atoms with Gasteiger partial charge in [-0.05, 0) is 34.1 Å². The Labute approximate surface area is 90.9 Å². The minimum atomic E-state index is 0.869. The summed E-state index contributed by atoms with van der Waals surface area (Å²) in [6.45, 7) is 3.12. The molecule has 0 aromatic carbocycles. The third-order valence-electron chi connectivity index (χ3n) is 1.81. The molecule has 0 atom stereocenters. The topological polar surface area (TPSA) is 29.3 Å². The second-order valence-electron chi connectivity index (χ2n) is 4.25. The molecule has 0 bridgehead atoms. The minimum absolute atomic E-state index is 0.869. The van der Waals surface area contributed by atoms with Crippen LogP contribution in [0.5, 0.6) is 0 Å². The largest absolute Gasteiger partial charge is 0.330 e. The molecule has 0 aliphatic carbocycles. The van der Waals surface area contributed by atoms with Crippen molar-refractivity contribution in [3.63, 3.8) is 0 Å². The molecule has 0 aromatic rings. The quantitative estimate of drug-likeness (QED) is 0.643. The van der Waals surface area contributed by atoms with Crippen LogP contribution >= 0.6 is 0 Å². The molecule has 0 saturated carbocycles. The van der Waals surface area contributed by atoms with Crippen molar-refractivity contribution in [3.8, 4) is 0 Å². The summed E-state index contributed by atoms with van der Waals surface area (Å²) in [7, 11) is 6.00. The lowest BCUT2D eigenvalue weighted by Gasteiger charge is -1.97. The van der Waals surface area contributed by atoms with E-state index in [-0.39, 0.29) is 0 Å². The molecule has 2 nitrogen and oxygen atoms in total. The number of nitrogens with zero attached hydrogens (tertiary/aromatic N) is 1. The Bertz CT molecular complexity index is 71.6. The number of nitrogens with two attached hydrogens (primary N) is 1. The molecule has 0 aliphatic rings. The summed E-state index contributed by atoms with van der Waals surface area (Å²) >= 11 is 0. The first kappa shape index (κ1) is 16.4. The zero-order valence-corrected chi connectivity index (χ0v) is 10.7. The first-order valence-corrected chi connectivity index (χ1v) is 5.96. The molecule has 0 amide bonds. The van der Waals surface area contributed by atoms with Gasteiger partial charge in [0.05, 0.1) is 0 Å². The SMILES string of the molecule is CCCCCCCCCN.CN(C)C. The average Bonchev–Trinajstić information content (AvgIpc) is 2.10. The molecule has 0 spiro atoms. The van der Waals surface area contributed by atoms with E-state index in [1.54, 1.807) is 0 Å². The van der Waals surface area contributed by atoms with Gasteiger partial charge in [-0.2, -0.15) is 0 Å². The Morgan fingerprint density at radius 1 is 0.786 bits per heavy atom. The summed E-state index contributed by atoms with van der Waals surface area (Å²) in [5, 5.41) is 0. The minimum Gasteiger partial charge on any atom is -0.330 e. The first-order chi connectivity index (χ1) is 6.65. The van der Waals surface area contributed by atoms with Gasteiger partial charge >= 0.3 is 0 Å². The molecule has 0 heterocycles. The standard InChI is InChI=1S/C9H21N.C3H9N/c1-2-3-4-5-6-7-8-9-10;1-4(2)3/h2-10H2,1H3;1-3H3. The zero-order chi connectivity index (χ0) is 11.2. The second-order valence-corrected chi connectivity index (χ2v) is 4.25. The molecule has 0 radical (unpaired) electrons. The van der Waals surface area contributed by atoms with E-state index in [0.717, 1.165) is 6.54 Å². The van der Waals surface area contributed by atoms with Crippen LogP contribution in [0.15, 0.2) is 0 Å². The fourth-order valence-electron chi connectivity index (χ4n) is 1.10. The van der Waals surface area contributed by atoms with E-state index >= 15 is 0 Å². The van der Waals surface area contributed by atoms with Crippen molar-refractivity contribution in [2.75, 3.05) is 27.7 Å². The Morgan fingerprint density at radius 2 is 1.14 bits per heavy atom. The van der Waals surface area contributed by atoms with Crippen LogP contribution < -0.4 is 5.73 Å². The Morgan fingerprint density at radius 3 is 1.50 bits per heavy atom. The highest BCUT2D eigenvalue weighted by molar-refractivity contribution is 4.44. The lowest BCUT2D eigenvalue weighted by Crippen LogP contribution is -1.99. The van der Waals surface area contributed by atoms with Gasteiger partial charge in [0.15, 0.2) is 0 Å². The van der Waals surface area contributed by atoms with Crippen molar-refractivity contribution in [1.29, 1.82) is 0 Å². The lowest BCUT2D eigenvalue weighted by molar-refractivity contribution is 0.505. The molecule has 0 fully saturated rings. The van der Waals surface area contributed by atoms with Crippen LogP contribution in [0, 0.1) is 0 Å². The van der Waals surface area contributed by atoms with Gasteiger partial charge in [0.1, 0.15) is 0 Å². The van der Waals surface area contributed by atoms with Crippen LogP contribution in [0.4, 0.5) is 0 Å². The van der Waals surface area contributed by atoms with E-state index < -0.39 is 0 Å². The fourth-order valence-corrected chi connectivity index (χ4v) is 1.10. The maximum Gasteiger partial charge on any atom is -0.00773 e. The third-order valence-corrected chi connectivity index (χ3v) is 1.81. The average molecular weight is 202 g/mol. The summed E-state index contributed by atoms with van der Waals surface area (Å²) < 4.78 is 0. The van der Waals surface area contributed by atoms with Crippen molar-refractivity contribution in [1.82, 2.24) is 4.90 Å². The fraction of sp³-hybridized carbons (Fsp3) is 1.00. The van der Waals surface area contributed by atoms with Gasteiger partial charge in [-0.25, -0.2) is 0 Å². The summed E-state index contributed by atoms with van der Waals surface area (Å²) in [6, 6.07) is 0.